The molecule has 0 fully saturated rings. The first-order valence-corrected chi connectivity index (χ1v) is 30.3. The molecule has 0 rings (SSSR count). The molecule has 0 bridgehead atoms. The Morgan fingerprint density at radius 2 is 0.522 bits per heavy atom. The first-order valence-electron chi connectivity index (χ1n) is 30.3. The minimum Gasteiger partial charge on any atom is -0.462 e. The molecule has 0 heterocycles. The van der Waals surface area contributed by atoms with Crippen LogP contribution in [0.15, 0.2) is 0 Å². The molecule has 2 unspecified atom stereocenters. The average molecular weight is 948 g/mol. The molecule has 0 amide bonds. The predicted molar refractivity (Wildman–Crippen MR) is 289 cm³/mol. The van der Waals surface area contributed by atoms with Crippen molar-refractivity contribution in [2.24, 2.45) is 11.8 Å². The zero-order valence-electron chi connectivity index (χ0n) is 46.0. The molecule has 0 N–H and O–H groups in total. The molecule has 0 saturated heterocycles. The summed E-state index contributed by atoms with van der Waals surface area (Å²) in [6, 6.07) is 0. The van der Waals surface area contributed by atoms with E-state index in [4.69, 9.17) is 14.2 Å². The van der Waals surface area contributed by atoms with Gasteiger partial charge >= 0.3 is 17.9 Å². The highest BCUT2D eigenvalue weighted by atomic mass is 16.6. The van der Waals surface area contributed by atoms with Gasteiger partial charge in [0.2, 0.25) is 0 Å². The molecule has 0 aliphatic carbocycles. The van der Waals surface area contributed by atoms with Crippen LogP contribution < -0.4 is 0 Å². The molecule has 3 atom stereocenters. The van der Waals surface area contributed by atoms with Gasteiger partial charge in [0.25, 0.3) is 0 Å². The van der Waals surface area contributed by atoms with Gasteiger partial charge < -0.3 is 14.2 Å². The summed E-state index contributed by atoms with van der Waals surface area (Å²) in [5, 5.41) is 0. The molecule has 398 valence electrons. The summed E-state index contributed by atoms with van der Waals surface area (Å²) in [6.45, 7) is 11.4. The van der Waals surface area contributed by atoms with Gasteiger partial charge in [-0.05, 0) is 31.1 Å². The smallest absolute Gasteiger partial charge is 0.306 e. The van der Waals surface area contributed by atoms with Gasteiger partial charge in [-0.3, -0.25) is 14.4 Å². The predicted octanol–water partition coefficient (Wildman–Crippen LogP) is 20.0. The minimum atomic E-state index is -0.763. The molecule has 0 aromatic heterocycles. The second-order valence-electron chi connectivity index (χ2n) is 21.5. The number of carbonyl (C=O) groups is 3. The van der Waals surface area contributed by atoms with Crippen LogP contribution in [0.1, 0.15) is 343 Å². The third kappa shape index (κ3) is 52.1. The van der Waals surface area contributed by atoms with Crippen molar-refractivity contribution in [3.05, 3.63) is 0 Å². The molecule has 0 aliphatic rings. The highest BCUT2D eigenvalue weighted by molar-refractivity contribution is 5.71. The van der Waals surface area contributed by atoms with E-state index in [2.05, 4.69) is 34.6 Å². The van der Waals surface area contributed by atoms with Gasteiger partial charge in [0, 0.05) is 19.3 Å². The first kappa shape index (κ1) is 65.4. The van der Waals surface area contributed by atoms with E-state index in [1.807, 2.05) is 0 Å². The lowest BCUT2D eigenvalue weighted by Gasteiger charge is -2.18. The molecular weight excluding hydrogens is 829 g/mol. The third-order valence-corrected chi connectivity index (χ3v) is 14.7. The number of esters is 3. The fraction of sp³-hybridized carbons (Fsp3) is 0.951. The number of hydrogen-bond donors (Lipinski definition) is 0. The summed E-state index contributed by atoms with van der Waals surface area (Å²) in [5.74, 6) is 0.883. The zero-order chi connectivity index (χ0) is 48.9. The van der Waals surface area contributed by atoms with Crippen LogP contribution in [0.3, 0.4) is 0 Å². The standard InChI is InChI=1S/C61H118O6/c1-6-9-10-11-12-13-14-15-16-19-24-27-30-33-36-43-48-53-61(64)67-58(55-66-60(63)52-47-42-38-37-40-45-50-57(5)8-3)54-65-59(62)51-46-41-35-32-29-26-23-21-18-17-20-22-25-28-31-34-39-44-49-56(4)7-2/h56-58H,6-55H2,1-5H3/t56?,57?,58-/m0/s1. The maximum atomic E-state index is 12.9. The van der Waals surface area contributed by atoms with Crippen molar-refractivity contribution in [2.75, 3.05) is 13.2 Å². The summed E-state index contributed by atoms with van der Waals surface area (Å²) >= 11 is 0. The highest BCUT2D eigenvalue weighted by Crippen LogP contribution is 2.19. The Morgan fingerprint density at radius 3 is 0.776 bits per heavy atom. The molecule has 0 spiro atoms. The topological polar surface area (TPSA) is 78.9 Å². The van der Waals surface area contributed by atoms with Gasteiger partial charge in [-0.2, -0.15) is 0 Å². The van der Waals surface area contributed by atoms with Gasteiger partial charge in [-0.1, -0.05) is 304 Å². The van der Waals surface area contributed by atoms with E-state index < -0.39 is 6.10 Å². The van der Waals surface area contributed by atoms with Gasteiger partial charge in [0.1, 0.15) is 13.2 Å². The van der Waals surface area contributed by atoms with Gasteiger partial charge in [0.15, 0.2) is 6.10 Å². The Hall–Kier alpha value is -1.59. The molecule has 0 aliphatic heterocycles. The van der Waals surface area contributed by atoms with E-state index in [1.54, 1.807) is 0 Å². The fourth-order valence-corrected chi connectivity index (χ4v) is 9.34. The zero-order valence-corrected chi connectivity index (χ0v) is 46.0. The fourth-order valence-electron chi connectivity index (χ4n) is 9.34. The lowest BCUT2D eigenvalue weighted by atomic mass is 9.99. The van der Waals surface area contributed by atoms with Crippen molar-refractivity contribution in [2.45, 2.75) is 349 Å². The van der Waals surface area contributed by atoms with Crippen LogP contribution in [0.25, 0.3) is 0 Å². The van der Waals surface area contributed by atoms with Crippen LogP contribution in [-0.2, 0) is 28.6 Å². The summed E-state index contributed by atoms with van der Waals surface area (Å²) < 4.78 is 16.9. The quantitative estimate of drug-likeness (QED) is 0.0343. The van der Waals surface area contributed by atoms with E-state index in [1.165, 1.54) is 231 Å². The Morgan fingerprint density at radius 1 is 0.299 bits per heavy atom. The van der Waals surface area contributed by atoms with Crippen LogP contribution >= 0.6 is 0 Å². The van der Waals surface area contributed by atoms with Crippen LogP contribution in [0, 0.1) is 11.8 Å². The monoisotopic (exact) mass is 947 g/mol. The van der Waals surface area contributed by atoms with E-state index >= 15 is 0 Å². The number of hydrogen-bond acceptors (Lipinski definition) is 6. The Balaban J connectivity index is 4.20. The molecule has 0 radical (unpaired) electrons. The van der Waals surface area contributed by atoms with Gasteiger partial charge in [-0.15, -0.1) is 0 Å². The Labute approximate surface area is 418 Å². The van der Waals surface area contributed by atoms with Crippen molar-refractivity contribution in [3.8, 4) is 0 Å². The van der Waals surface area contributed by atoms with Gasteiger partial charge in [0.05, 0.1) is 0 Å². The summed E-state index contributed by atoms with van der Waals surface area (Å²) in [4.78, 5) is 38.1. The van der Waals surface area contributed by atoms with Crippen LogP contribution in [0.4, 0.5) is 0 Å². The third-order valence-electron chi connectivity index (χ3n) is 14.7. The van der Waals surface area contributed by atoms with Crippen molar-refractivity contribution in [1.29, 1.82) is 0 Å². The molecule has 67 heavy (non-hydrogen) atoms. The van der Waals surface area contributed by atoms with Crippen molar-refractivity contribution in [3.63, 3.8) is 0 Å². The Bertz CT molecular complexity index is 1030. The number of rotatable bonds is 55. The van der Waals surface area contributed by atoms with Crippen molar-refractivity contribution < 1.29 is 28.6 Å². The van der Waals surface area contributed by atoms with Crippen LogP contribution in [-0.4, -0.2) is 37.2 Å². The average Bonchev–Trinajstić information content (AvgIpc) is 3.33. The summed E-state index contributed by atoms with van der Waals surface area (Å²) in [6.07, 6.45) is 58.2. The van der Waals surface area contributed by atoms with E-state index in [9.17, 15) is 14.4 Å². The lowest BCUT2D eigenvalue weighted by Crippen LogP contribution is -2.30. The van der Waals surface area contributed by atoms with Crippen molar-refractivity contribution in [1.82, 2.24) is 0 Å². The largest absolute Gasteiger partial charge is 0.462 e. The second kappa shape index (κ2) is 53.8. The number of ether oxygens (including phenoxy) is 3. The van der Waals surface area contributed by atoms with Gasteiger partial charge in [-0.25, -0.2) is 0 Å². The SMILES string of the molecule is CCCCCCCCCCCCCCCCCCCC(=O)O[C@@H](COC(=O)CCCCCCCCCCCCCCCCCCCCC(C)CC)COC(=O)CCCCCCCCC(C)CC. The molecule has 0 aromatic rings. The second-order valence-corrected chi connectivity index (χ2v) is 21.5. The Kier molecular flexibility index (Phi) is 52.5. The summed E-state index contributed by atoms with van der Waals surface area (Å²) in [5.41, 5.74) is 0. The van der Waals surface area contributed by atoms with E-state index in [0.29, 0.717) is 19.3 Å². The van der Waals surface area contributed by atoms with E-state index in [0.717, 1.165) is 69.6 Å². The van der Waals surface area contributed by atoms with Crippen LogP contribution in [0.5, 0.6) is 0 Å². The molecule has 0 aromatic carbocycles. The minimum absolute atomic E-state index is 0.0632. The molecule has 6 heteroatoms. The number of carbonyl (C=O) groups excluding carboxylic acids is 3. The number of unbranched alkanes of at least 4 members (excludes halogenated alkanes) is 38. The maximum Gasteiger partial charge on any atom is 0.306 e. The highest BCUT2D eigenvalue weighted by Gasteiger charge is 2.19. The summed E-state index contributed by atoms with van der Waals surface area (Å²) in [7, 11) is 0. The van der Waals surface area contributed by atoms with Crippen molar-refractivity contribution >= 4 is 17.9 Å². The normalized spacial score (nSPS) is 12.9. The molecule has 0 saturated carbocycles. The molecular formula is C61H118O6. The maximum absolute atomic E-state index is 12.9. The lowest BCUT2D eigenvalue weighted by molar-refractivity contribution is -0.167. The van der Waals surface area contributed by atoms with E-state index in [-0.39, 0.29) is 31.1 Å². The van der Waals surface area contributed by atoms with Crippen LogP contribution in [0.2, 0.25) is 0 Å². The molecule has 6 nitrogen and oxygen atoms in total. The first-order chi connectivity index (χ1) is 32.8.